The van der Waals surface area contributed by atoms with Crippen LogP contribution in [0.25, 0.3) is 23.1 Å². The Morgan fingerprint density at radius 2 is 1.90 bits per heavy atom. The topological polar surface area (TPSA) is 97.6 Å². The summed E-state index contributed by atoms with van der Waals surface area (Å²) in [5, 5.41) is 11.4. The molecule has 3 aromatic heterocycles. The summed E-state index contributed by atoms with van der Waals surface area (Å²) < 4.78 is 13.5. The highest BCUT2D eigenvalue weighted by Gasteiger charge is 2.35. The molecular weight excluding hydrogens is 542 g/mol. The highest BCUT2D eigenvalue weighted by Crippen LogP contribution is 2.36. The zero-order valence-electron chi connectivity index (χ0n) is 21.2. The highest BCUT2D eigenvalue weighted by atomic mass is 32.1. The maximum absolute atomic E-state index is 13.9. The number of nitrogens with zero attached hydrogens (tertiary/aromatic N) is 3. The summed E-state index contributed by atoms with van der Waals surface area (Å²) in [6, 6.07) is 25.5. The minimum atomic E-state index is -0.692. The standard InChI is InChI=1S/C31H21N3O4S2/c1-2-37-30(36)26-27(19-9-4-3-5-10-19)33-31-34(28(26)24-13-8-16-39-24)29(35)25(40-31)17-21-14-15-23(38-21)22-12-7-6-11-20(22)18-32/h3-17,28H,2H2,1H3/b25-17-/t28-/m1/s1. The molecule has 0 N–H and O–H groups in total. The fourth-order valence-corrected chi connectivity index (χ4v) is 6.46. The molecule has 1 aliphatic heterocycles. The Kier molecular flexibility index (Phi) is 6.86. The Labute approximate surface area is 236 Å². The fourth-order valence-electron chi connectivity index (χ4n) is 4.66. The maximum atomic E-state index is 13.9. The van der Waals surface area contributed by atoms with E-state index in [9.17, 15) is 14.9 Å². The van der Waals surface area contributed by atoms with Crippen LogP contribution in [0.3, 0.4) is 0 Å². The second kappa shape index (κ2) is 10.8. The second-order valence-electron chi connectivity index (χ2n) is 8.81. The van der Waals surface area contributed by atoms with Crippen LogP contribution in [0.1, 0.15) is 34.7 Å². The van der Waals surface area contributed by atoms with Crippen LogP contribution < -0.4 is 14.9 Å². The van der Waals surface area contributed by atoms with Gasteiger partial charge in [0.15, 0.2) is 4.80 Å². The number of furan rings is 1. The normalized spacial score (nSPS) is 14.9. The Morgan fingerprint density at radius 1 is 1.10 bits per heavy atom. The first-order chi connectivity index (χ1) is 19.6. The molecule has 7 nitrogen and oxygen atoms in total. The van der Waals surface area contributed by atoms with Crippen molar-refractivity contribution in [1.82, 2.24) is 4.57 Å². The van der Waals surface area contributed by atoms with Gasteiger partial charge in [-0.15, -0.1) is 11.3 Å². The van der Waals surface area contributed by atoms with Crippen LogP contribution in [0.2, 0.25) is 0 Å². The molecule has 0 saturated carbocycles. The lowest BCUT2D eigenvalue weighted by Crippen LogP contribution is -2.39. The Bertz CT molecular complexity index is 1970. The summed E-state index contributed by atoms with van der Waals surface area (Å²) in [6.45, 7) is 1.95. The summed E-state index contributed by atoms with van der Waals surface area (Å²) in [7, 11) is 0. The number of nitriles is 1. The molecule has 196 valence electrons. The number of fused-ring (bicyclic) bond motifs is 1. The molecule has 5 aromatic rings. The number of thiophene rings is 1. The molecule has 0 unspecified atom stereocenters. The van der Waals surface area contributed by atoms with E-state index in [1.807, 2.05) is 60.0 Å². The first kappa shape index (κ1) is 25.5. The molecule has 0 fully saturated rings. The lowest BCUT2D eigenvalue weighted by atomic mass is 9.97. The van der Waals surface area contributed by atoms with Crippen molar-refractivity contribution in [3.05, 3.63) is 131 Å². The van der Waals surface area contributed by atoms with Gasteiger partial charge in [-0.1, -0.05) is 59.9 Å². The molecule has 1 atom stereocenters. The third kappa shape index (κ3) is 4.53. The molecule has 0 spiro atoms. The van der Waals surface area contributed by atoms with Crippen molar-refractivity contribution >= 4 is 40.4 Å². The second-order valence-corrected chi connectivity index (χ2v) is 10.8. The fraction of sp³-hybridized carbons (Fsp3) is 0.0968. The van der Waals surface area contributed by atoms with E-state index in [1.165, 1.54) is 22.7 Å². The number of aromatic nitrogens is 1. The van der Waals surface area contributed by atoms with Gasteiger partial charge in [-0.2, -0.15) is 5.26 Å². The number of hydrogen-bond acceptors (Lipinski definition) is 8. The Balaban J connectivity index is 1.54. The molecule has 2 aromatic carbocycles. The van der Waals surface area contributed by atoms with Gasteiger partial charge in [-0.25, -0.2) is 9.79 Å². The van der Waals surface area contributed by atoms with Crippen LogP contribution >= 0.6 is 22.7 Å². The number of rotatable bonds is 6. The van der Waals surface area contributed by atoms with Gasteiger partial charge in [-0.3, -0.25) is 9.36 Å². The summed E-state index contributed by atoms with van der Waals surface area (Å²) in [6.07, 6.45) is 1.67. The van der Waals surface area contributed by atoms with Crippen LogP contribution in [-0.2, 0) is 9.53 Å². The average molecular weight is 564 g/mol. The van der Waals surface area contributed by atoms with Crippen LogP contribution in [0.4, 0.5) is 0 Å². The van der Waals surface area contributed by atoms with E-state index in [4.69, 9.17) is 14.1 Å². The molecule has 9 heteroatoms. The van der Waals surface area contributed by atoms with E-state index in [0.29, 0.717) is 43.3 Å². The zero-order chi connectivity index (χ0) is 27.6. The van der Waals surface area contributed by atoms with E-state index in [1.54, 1.807) is 41.8 Å². The number of carbonyl (C=O) groups excluding carboxylic acids is 1. The van der Waals surface area contributed by atoms with E-state index in [-0.39, 0.29) is 12.2 Å². The van der Waals surface area contributed by atoms with Crippen molar-refractivity contribution in [2.75, 3.05) is 6.61 Å². The van der Waals surface area contributed by atoms with Crippen molar-refractivity contribution in [1.29, 1.82) is 5.26 Å². The van der Waals surface area contributed by atoms with Crippen LogP contribution in [0, 0.1) is 11.3 Å². The molecule has 40 heavy (non-hydrogen) atoms. The molecule has 0 bridgehead atoms. The molecule has 0 amide bonds. The lowest BCUT2D eigenvalue weighted by Gasteiger charge is -2.24. The molecule has 4 heterocycles. The lowest BCUT2D eigenvalue weighted by molar-refractivity contribution is -0.138. The summed E-state index contributed by atoms with van der Waals surface area (Å²) in [5.41, 5.74) is 2.46. The van der Waals surface area contributed by atoms with E-state index in [2.05, 4.69) is 6.07 Å². The molecule has 6 rings (SSSR count). The summed E-state index contributed by atoms with van der Waals surface area (Å²) in [5.74, 6) is 0.488. The number of esters is 1. The van der Waals surface area contributed by atoms with Gasteiger partial charge in [0.25, 0.3) is 5.56 Å². The van der Waals surface area contributed by atoms with Crippen molar-refractivity contribution < 1.29 is 13.9 Å². The molecule has 1 aliphatic rings. The Hall–Kier alpha value is -4.78. The summed E-state index contributed by atoms with van der Waals surface area (Å²) >= 11 is 2.69. The monoisotopic (exact) mass is 563 g/mol. The largest absolute Gasteiger partial charge is 0.463 e. The van der Waals surface area contributed by atoms with Gasteiger partial charge >= 0.3 is 5.97 Å². The molecule has 0 saturated heterocycles. The Morgan fingerprint density at radius 3 is 2.65 bits per heavy atom. The predicted octanol–water partition coefficient (Wildman–Crippen LogP) is 5.13. The van der Waals surface area contributed by atoms with E-state index in [0.717, 1.165) is 10.4 Å². The number of hydrogen-bond donors (Lipinski definition) is 0. The number of ether oxygens (including phenoxy) is 1. The van der Waals surface area contributed by atoms with Gasteiger partial charge in [0, 0.05) is 22.1 Å². The van der Waals surface area contributed by atoms with E-state index >= 15 is 0 Å². The summed E-state index contributed by atoms with van der Waals surface area (Å²) in [4.78, 5) is 33.4. The van der Waals surface area contributed by atoms with Gasteiger partial charge in [0.1, 0.15) is 17.6 Å². The minimum absolute atomic E-state index is 0.196. The minimum Gasteiger partial charge on any atom is -0.463 e. The quantitative estimate of drug-likeness (QED) is 0.267. The zero-order valence-corrected chi connectivity index (χ0v) is 22.9. The smallest absolute Gasteiger partial charge is 0.338 e. The van der Waals surface area contributed by atoms with Crippen LogP contribution in [0.5, 0.6) is 0 Å². The van der Waals surface area contributed by atoms with Gasteiger partial charge in [0.05, 0.1) is 34.0 Å². The van der Waals surface area contributed by atoms with Crippen LogP contribution in [-0.4, -0.2) is 17.1 Å². The van der Waals surface area contributed by atoms with Crippen molar-refractivity contribution in [3.8, 4) is 17.4 Å². The maximum Gasteiger partial charge on any atom is 0.338 e. The first-order valence-electron chi connectivity index (χ1n) is 12.5. The highest BCUT2D eigenvalue weighted by molar-refractivity contribution is 7.10. The number of carbonyl (C=O) groups is 1. The SMILES string of the molecule is CCOC(=O)C1=C(c2ccccc2)N=c2s/c(=C\c3ccc(-c4ccccc4C#N)o3)c(=O)n2[C@@H]1c1cccs1. The third-order valence-electron chi connectivity index (χ3n) is 6.40. The van der Waals surface area contributed by atoms with Gasteiger partial charge < -0.3 is 9.15 Å². The van der Waals surface area contributed by atoms with Crippen molar-refractivity contribution in [2.45, 2.75) is 13.0 Å². The predicted molar refractivity (Wildman–Crippen MR) is 154 cm³/mol. The van der Waals surface area contributed by atoms with Gasteiger partial charge in [-0.05, 0) is 42.6 Å². The third-order valence-corrected chi connectivity index (χ3v) is 8.31. The van der Waals surface area contributed by atoms with Crippen molar-refractivity contribution in [2.24, 2.45) is 4.99 Å². The molecule has 0 radical (unpaired) electrons. The number of thiazole rings is 1. The first-order valence-corrected chi connectivity index (χ1v) is 14.2. The average Bonchev–Trinajstić information content (AvgIpc) is 3.74. The van der Waals surface area contributed by atoms with Crippen molar-refractivity contribution in [3.63, 3.8) is 0 Å². The van der Waals surface area contributed by atoms with Crippen LogP contribution in [0.15, 0.2) is 104 Å². The molecule has 0 aliphatic carbocycles. The molecular formula is C31H21N3O4S2. The number of benzene rings is 2. The van der Waals surface area contributed by atoms with Gasteiger partial charge in [0.2, 0.25) is 0 Å². The van der Waals surface area contributed by atoms with E-state index < -0.39 is 12.0 Å².